The van der Waals surface area contributed by atoms with Crippen molar-refractivity contribution in [3.05, 3.63) is 29.3 Å². The van der Waals surface area contributed by atoms with Crippen LogP contribution in [0, 0.1) is 18.8 Å². The monoisotopic (exact) mass is 332 g/mol. The van der Waals surface area contributed by atoms with Crippen LogP contribution >= 0.6 is 0 Å². The van der Waals surface area contributed by atoms with Crippen molar-refractivity contribution in [2.75, 3.05) is 26.3 Å². The first kappa shape index (κ1) is 17.1. The lowest BCUT2D eigenvalue weighted by Crippen LogP contribution is -2.44. The second-order valence-corrected chi connectivity index (χ2v) is 7.14. The number of rotatable bonds is 6. The van der Waals surface area contributed by atoms with E-state index in [2.05, 4.69) is 24.4 Å². The van der Waals surface area contributed by atoms with E-state index in [9.17, 15) is 9.90 Å². The molecule has 0 radical (unpaired) electrons. The zero-order valence-electron chi connectivity index (χ0n) is 14.5. The largest absolute Gasteiger partial charge is 0.493 e. The number of ether oxygens (including phenoxy) is 1. The van der Waals surface area contributed by atoms with E-state index in [0.717, 1.165) is 43.9 Å². The van der Waals surface area contributed by atoms with Crippen LogP contribution in [0.15, 0.2) is 18.2 Å². The minimum atomic E-state index is -0.0277. The van der Waals surface area contributed by atoms with Crippen LogP contribution in [0.5, 0.6) is 5.75 Å². The van der Waals surface area contributed by atoms with Crippen LogP contribution in [-0.4, -0.2) is 42.3 Å². The molecule has 2 amide bonds. The molecule has 1 saturated carbocycles. The molecule has 0 bridgehead atoms. The van der Waals surface area contributed by atoms with Gasteiger partial charge in [-0.1, -0.05) is 12.1 Å². The van der Waals surface area contributed by atoms with Gasteiger partial charge in [0.15, 0.2) is 0 Å². The van der Waals surface area contributed by atoms with E-state index in [1.165, 1.54) is 18.4 Å². The zero-order valence-corrected chi connectivity index (χ0v) is 14.5. The minimum absolute atomic E-state index is 0.0277. The highest BCUT2D eigenvalue weighted by Gasteiger charge is 2.23. The second kappa shape index (κ2) is 7.88. The molecule has 0 aromatic heterocycles. The third kappa shape index (κ3) is 4.63. The number of benzene rings is 1. The standard InChI is InChI=1S/C19H28N2O3/c1-14-2-5-17(18(10-14)24-13-16-3-4-16)11-20-19(23)21-8-6-15(12-22)7-9-21/h2,5,10,15-16,22H,3-4,6-9,11-13H2,1H3,(H,20,23). The number of urea groups is 1. The third-order valence-corrected chi connectivity index (χ3v) is 4.98. The Bertz CT molecular complexity index is 564. The lowest BCUT2D eigenvalue weighted by molar-refractivity contribution is 0.137. The van der Waals surface area contributed by atoms with E-state index >= 15 is 0 Å². The Hall–Kier alpha value is -1.75. The SMILES string of the molecule is Cc1ccc(CNC(=O)N2CCC(CO)CC2)c(OCC2CC2)c1. The zero-order chi connectivity index (χ0) is 16.9. The maximum atomic E-state index is 12.3. The van der Waals surface area contributed by atoms with Gasteiger partial charge in [0.2, 0.25) is 0 Å². The highest BCUT2D eigenvalue weighted by molar-refractivity contribution is 5.74. The number of nitrogens with zero attached hydrogens (tertiary/aromatic N) is 1. The third-order valence-electron chi connectivity index (χ3n) is 4.98. The van der Waals surface area contributed by atoms with Crippen molar-refractivity contribution in [2.24, 2.45) is 11.8 Å². The summed E-state index contributed by atoms with van der Waals surface area (Å²) in [6.45, 7) is 4.97. The molecule has 0 unspecified atom stereocenters. The molecule has 2 fully saturated rings. The molecule has 1 saturated heterocycles. The molecule has 1 aliphatic carbocycles. The number of aliphatic hydroxyl groups excluding tert-OH is 1. The van der Waals surface area contributed by atoms with E-state index < -0.39 is 0 Å². The molecule has 1 aliphatic heterocycles. The average molecular weight is 332 g/mol. The Morgan fingerprint density at radius 1 is 1.25 bits per heavy atom. The molecule has 0 spiro atoms. The Labute approximate surface area is 144 Å². The van der Waals surface area contributed by atoms with Crippen LogP contribution in [0.25, 0.3) is 0 Å². The summed E-state index contributed by atoms with van der Waals surface area (Å²) < 4.78 is 5.96. The molecule has 132 valence electrons. The molecule has 2 N–H and O–H groups in total. The number of carbonyl (C=O) groups is 1. The van der Waals surface area contributed by atoms with E-state index in [1.54, 1.807) is 0 Å². The summed E-state index contributed by atoms with van der Waals surface area (Å²) in [6.07, 6.45) is 4.29. The fraction of sp³-hybridized carbons (Fsp3) is 0.632. The lowest BCUT2D eigenvalue weighted by atomic mass is 9.98. The number of hydrogen-bond acceptors (Lipinski definition) is 3. The first-order valence-electron chi connectivity index (χ1n) is 9.01. The van der Waals surface area contributed by atoms with Gasteiger partial charge in [-0.3, -0.25) is 0 Å². The summed E-state index contributed by atoms with van der Waals surface area (Å²) in [4.78, 5) is 14.2. The van der Waals surface area contributed by atoms with Crippen molar-refractivity contribution in [1.82, 2.24) is 10.2 Å². The Morgan fingerprint density at radius 3 is 2.67 bits per heavy atom. The van der Waals surface area contributed by atoms with Gasteiger partial charge in [0.25, 0.3) is 0 Å². The van der Waals surface area contributed by atoms with Gasteiger partial charge < -0.3 is 20.1 Å². The molecule has 3 rings (SSSR count). The Morgan fingerprint density at radius 2 is 2.00 bits per heavy atom. The summed E-state index contributed by atoms with van der Waals surface area (Å²) in [6, 6.07) is 6.12. The van der Waals surface area contributed by atoms with Crippen molar-refractivity contribution in [1.29, 1.82) is 0 Å². The number of hydrogen-bond donors (Lipinski definition) is 2. The van der Waals surface area contributed by atoms with Gasteiger partial charge in [0, 0.05) is 31.8 Å². The van der Waals surface area contributed by atoms with E-state index in [4.69, 9.17) is 4.74 Å². The van der Waals surface area contributed by atoms with Crippen molar-refractivity contribution >= 4 is 6.03 Å². The van der Waals surface area contributed by atoms with Crippen LogP contribution < -0.4 is 10.1 Å². The quantitative estimate of drug-likeness (QED) is 0.842. The fourth-order valence-corrected chi connectivity index (χ4v) is 3.04. The molecule has 1 heterocycles. The maximum absolute atomic E-state index is 12.3. The predicted octanol–water partition coefficient (Wildman–Crippen LogP) is 2.70. The summed E-state index contributed by atoms with van der Waals surface area (Å²) in [7, 11) is 0. The number of aliphatic hydroxyl groups is 1. The number of carbonyl (C=O) groups excluding carboxylic acids is 1. The first-order chi connectivity index (χ1) is 11.7. The van der Waals surface area contributed by atoms with E-state index in [1.807, 2.05) is 11.0 Å². The number of aryl methyl sites for hydroxylation is 1. The number of nitrogens with one attached hydrogen (secondary N) is 1. The normalized spacial score (nSPS) is 18.5. The molecular weight excluding hydrogens is 304 g/mol. The van der Waals surface area contributed by atoms with Gasteiger partial charge in [-0.25, -0.2) is 4.79 Å². The molecule has 5 nitrogen and oxygen atoms in total. The van der Waals surface area contributed by atoms with Crippen LogP contribution in [-0.2, 0) is 6.54 Å². The minimum Gasteiger partial charge on any atom is -0.493 e. The molecule has 24 heavy (non-hydrogen) atoms. The van der Waals surface area contributed by atoms with Gasteiger partial charge in [-0.05, 0) is 56.1 Å². The predicted molar refractivity (Wildman–Crippen MR) is 93.0 cm³/mol. The maximum Gasteiger partial charge on any atom is 0.317 e. The average Bonchev–Trinajstić information content (AvgIpc) is 3.43. The number of likely N-dealkylation sites (tertiary alicyclic amines) is 1. The molecule has 1 aromatic rings. The van der Waals surface area contributed by atoms with Crippen LogP contribution in [0.4, 0.5) is 4.79 Å². The van der Waals surface area contributed by atoms with E-state index in [-0.39, 0.29) is 12.6 Å². The molecule has 5 heteroatoms. The van der Waals surface area contributed by atoms with Gasteiger partial charge in [-0.2, -0.15) is 0 Å². The summed E-state index contributed by atoms with van der Waals surface area (Å²) in [5, 5.41) is 12.2. The second-order valence-electron chi connectivity index (χ2n) is 7.14. The van der Waals surface area contributed by atoms with Gasteiger partial charge in [0.1, 0.15) is 5.75 Å². The smallest absolute Gasteiger partial charge is 0.317 e. The van der Waals surface area contributed by atoms with Gasteiger partial charge >= 0.3 is 6.03 Å². The fourth-order valence-electron chi connectivity index (χ4n) is 3.04. The van der Waals surface area contributed by atoms with Crippen molar-refractivity contribution in [3.63, 3.8) is 0 Å². The molecular formula is C19H28N2O3. The highest BCUT2D eigenvalue weighted by Crippen LogP contribution is 2.30. The Balaban J connectivity index is 1.52. The van der Waals surface area contributed by atoms with Crippen LogP contribution in [0.3, 0.4) is 0 Å². The van der Waals surface area contributed by atoms with Crippen molar-refractivity contribution < 1.29 is 14.6 Å². The van der Waals surface area contributed by atoms with Gasteiger partial charge in [0.05, 0.1) is 6.61 Å². The van der Waals surface area contributed by atoms with Crippen LogP contribution in [0.2, 0.25) is 0 Å². The van der Waals surface area contributed by atoms with Crippen molar-refractivity contribution in [2.45, 2.75) is 39.2 Å². The van der Waals surface area contributed by atoms with Crippen LogP contribution in [0.1, 0.15) is 36.8 Å². The Kier molecular flexibility index (Phi) is 5.61. The molecule has 0 atom stereocenters. The topological polar surface area (TPSA) is 61.8 Å². The lowest BCUT2D eigenvalue weighted by Gasteiger charge is -2.31. The number of piperidine rings is 1. The molecule has 1 aromatic carbocycles. The molecule has 2 aliphatic rings. The number of amides is 2. The van der Waals surface area contributed by atoms with Crippen molar-refractivity contribution in [3.8, 4) is 5.75 Å². The summed E-state index contributed by atoms with van der Waals surface area (Å²) >= 11 is 0. The summed E-state index contributed by atoms with van der Waals surface area (Å²) in [5.41, 5.74) is 2.20. The van der Waals surface area contributed by atoms with Gasteiger partial charge in [-0.15, -0.1) is 0 Å². The summed E-state index contributed by atoms with van der Waals surface area (Å²) in [5.74, 6) is 1.94. The van der Waals surface area contributed by atoms with E-state index in [0.29, 0.717) is 18.4 Å². The first-order valence-corrected chi connectivity index (χ1v) is 9.01. The highest BCUT2D eigenvalue weighted by atomic mass is 16.5.